The third-order valence-electron chi connectivity index (χ3n) is 1.92. The van der Waals surface area contributed by atoms with Gasteiger partial charge in [-0.15, -0.1) is 0 Å². The van der Waals surface area contributed by atoms with Crippen LogP contribution in [0.1, 0.15) is 25.3 Å². The molecule has 0 radical (unpaired) electrons. The Bertz CT molecular complexity index is 286. The summed E-state index contributed by atoms with van der Waals surface area (Å²) < 4.78 is 5.19. The zero-order chi connectivity index (χ0) is 9.84. The van der Waals surface area contributed by atoms with Crippen LogP contribution in [0.5, 0.6) is 5.75 Å². The topological polar surface area (TPSA) is 9.23 Å². The fourth-order valence-corrected chi connectivity index (χ4v) is 2.88. The van der Waals surface area contributed by atoms with Gasteiger partial charge >= 0.3 is 0 Å². The number of ether oxygens (including phenoxy) is 1. The smallest absolute Gasteiger partial charge is 0.119 e. The molecule has 0 saturated heterocycles. The molecule has 0 aromatic heterocycles. The molecule has 13 heavy (non-hydrogen) atoms. The summed E-state index contributed by atoms with van der Waals surface area (Å²) in [4.78, 5) is 1.33. The summed E-state index contributed by atoms with van der Waals surface area (Å²) in [5.41, 5.74) is 1.36. The first-order chi connectivity index (χ1) is 6.19. The molecule has 72 valence electrons. The molecule has 3 heteroatoms. The average molecular weight is 308 g/mol. The van der Waals surface area contributed by atoms with Gasteiger partial charge in [0, 0.05) is 26.1 Å². The van der Waals surface area contributed by atoms with Gasteiger partial charge in [-0.25, -0.2) is 0 Å². The van der Waals surface area contributed by atoms with Crippen molar-refractivity contribution in [1.29, 1.82) is 0 Å². The van der Waals surface area contributed by atoms with Crippen LogP contribution in [0.4, 0.5) is 0 Å². The highest BCUT2D eigenvalue weighted by Gasteiger charge is 2.07. The monoisotopic (exact) mass is 308 g/mol. The van der Waals surface area contributed by atoms with Gasteiger partial charge in [-0.1, -0.05) is 22.8 Å². The van der Waals surface area contributed by atoms with E-state index in [9.17, 15) is 0 Å². The lowest BCUT2D eigenvalue weighted by atomic mass is 10.0. The minimum Gasteiger partial charge on any atom is -0.497 e. The number of hydrogen-bond acceptors (Lipinski definition) is 2. The Labute approximate surface area is 95.8 Å². The van der Waals surface area contributed by atoms with E-state index in [0.29, 0.717) is 5.92 Å². The van der Waals surface area contributed by atoms with Crippen LogP contribution >= 0.6 is 30.1 Å². The molecule has 1 rings (SSSR count). The largest absolute Gasteiger partial charge is 0.497 e. The Hall–Kier alpha value is 0.1000. The number of hydrogen-bond donors (Lipinski definition) is 0. The van der Waals surface area contributed by atoms with Gasteiger partial charge in [0.05, 0.1) is 7.11 Å². The summed E-state index contributed by atoms with van der Waals surface area (Å²) in [5, 5.41) is 0. The summed E-state index contributed by atoms with van der Waals surface area (Å²) in [6.45, 7) is 4.40. The number of rotatable bonds is 3. The third-order valence-corrected chi connectivity index (χ3v) is 3.88. The van der Waals surface area contributed by atoms with Gasteiger partial charge < -0.3 is 4.74 Å². The van der Waals surface area contributed by atoms with Crippen molar-refractivity contribution in [3.05, 3.63) is 23.8 Å². The van der Waals surface area contributed by atoms with Gasteiger partial charge in [0.1, 0.15) is 5.75 Å². The molecule has 0 aliphatic rings. The molecule has 1 aromatic carbocycles. The van der Waals surface area contributed by atoms with Crippen LogP contribution in [0.25, 0.3) is 0 Å². The van der Waals surface area contributed by atoms with Crippen molar-refractivity contribution in [2.45, 2.75) is 24.7 Å². The van der Waals surface area contributed by atoms with Crippen molar-refractivity contribution in [3.8, 4) is 5.75 Å². The first-order valence-corrected chi connectivity index (χ1v) is 7.51. The molecule has 0 aliphatic carbocycles. The Kier molecular flexibility index (Phi) is 4.38. The molecular weight excluding hydrogens is 295 g/mol. The van der Waals surface area contributed by atoms with E-state index in [1.807, 2.05) is 6.07 Å². The standard InChI is InChI=1S/C10H13IOS/c1-7(2)9-6-8(12-3)4-5-10(9)13-11/h4-7H,1-3H3. The van der Waals surface area contributed by atoms with Crippen molar-refractivity contribution < 1.29 is 4.74 Å². The zero-order valence-corrected chi connectivity index (χ0v) is 11.0. The van der Waals surface area contributed by atoms with Crippen LogP contribution in [0.15, 0.2) is 23.1 Å². The summed E-state index contributed by atoms with van der Waals surface area (Å²) in [6.07, 6.45) is 0. The Morgan fingerprint density at radius 3 is 2.54 bits per heavy atom. The molecule has 0 bridgehead atoms. The van der Waals surface area contributed by atoms with Gasteiger partial charge in [-0.3, -0.25) is 0 Å². The highest BCUT2D eigenvalue weighted by Crippen LogP contribution is 2.34. The van der Waals surface area contributed by atoms with E-state index in [0.717, 1.165) is 5.75 Å². The maximum atomic E-state index is 5.19. The van der Waals surface area contributed by atoms with Gasteiger partial charge in [-0.05, 0) is 29.7 Å². The molecule has 0 aliphatic heterocycles. The quantitative estimate of drug-likeness (QED) is 0.772. The minimum atomic E-state index is 0.548. The SMILES string of the molecule is COc1ccc(SI)c(C(C)C)c1. The number of methoxy groups -OCH3 is 1. The van der Waals surface area contributed by atoms with Crippen molar-refractivity contribution >= 4 is 30.1 Å². The maximum absolute atomic E-state index is 5.19. The lowest BCUT2D eigenvalue weighted by Gasteiger charge is -2.11. The van der Waals surface area contributed by atoms with Crippen LogP contribution in [0, 0.1) is 0 Å². The second kappa shape index (κ2) is 5.10. The number of halogens is 1. The first-order valence-electron chi connectivity index (χ1n) is 4.15. The second-order valence-electron chi connectivity index (χ2n) is 3.14. The summed E-state index contributed by atoms with van der Waals surface area (Å²) in [6, 6.07) is 6.24. The first kappa shape index (κ1) is 11.2. The molecule has 0 amide bonds. The predicted octanol–water partition coefficient (Wildman–Crippen LogP) is 4.26. The molecule has 0 N–H and O–H groups in total. The number of benzene rings is 1. The van der Waals surface area contributed by atoms with Crippen molar-refractivity contribution in [3.63, 3.8) is 0 Å². The van der Waals surface area contributed by atoms with Crippen LogP contribution in [0.2, 0.25) is 0 Å². The molecule has 0 saturated carbocycles. The normalized spacial score (nSPS) is 10.5. The van der Waals surface area contributed by atoms with E-state index < -0.39 is 0 Å². The lowest BCUT2D eigenvalue weighted by molar-refractivity contribution is 0.413. The van der Waals surface area contributed by atoms with E-state index >= 15 is 0 Å². The minimum absolute atomic E-state index is 0.548. The highest BCUT2D eigenvalue weighted by molar-refractivity contribution is 14.2. The van der Waals surface area contributed by atoms with Crippen LogP contribution in [-0.2, 0) is 0 Å². The Morgan fingerprint density at radius 2 is 2.08 bits per heavy atom. The Balaban J connectivity index is 3.10. The molecule has 0 atom stereocenters. The van der Waals surface area contributed by atoms with E-state index in [2.05, 4.69) is 47.2 Å². The average Bonchev–Trinajstić information content (AvgIpc) is 2.16. The van der Waals surface area contributed by atoms with Gasteiger partial charge in [0.2, 0.25) is 0 Å². The zero-order valence-electron chi connectivity index (χ0n) is 8.00. The van der Waals surface area contributed by atoms with E-state index in [1.165, 1.54) is 10.5 Å². The van der Waals surface area contributed by atoms with Gasteiger partial charge in [0.15, 0.2) is 0 Å². The van der Waals surface area contributed by atoms with Crippen LogP contribution < -0.4 is 4.74 Å². The van der Waals surface area contributed by atoms with Gasteiger partial charge in [-0.2, -0.15) is 0 Å². The van der Waals surface area contributed by atoms with Crippen molar-refractivity contribution in [1.82, 2.24) is 0 Å². The van der Waals surface area contributed by atoms with E-state index in [-0.39, 0.29) is 0 Å². The third kappa shape index (κ3) is 2.77. The Morgan fingerprint density at radius 1 is 1.38 bits per heavy atom. The maximum Gasteiger partial charge on any atom is 0.119 e. The summed E-state index contributed by atoms with van der Waals surface area (Å²) in [7, 11) is 3.46. The highest BCUT2D eigenvalue weighted by atomic mass is 127. The van der Waals surface area contributed by atoms with Crippen LogP contribution in [-0.4, -0.2) is 7.11 Å². The second-order valence-corrected chi connectivity index (χ2v) is 5.05. The molecule has 0 unspecified atom stereocenters. The molecular formula is C10H13IOS. The van der Waals surface area contributed by atoms with E-state index in [1.54, 1.807) is 16.0 Å². The predicted molar refractivity (Wildman–Crippen MR) is 67.0 cm³/mol. The van der Waals surface area contributed by atoms with Gasteiger partial charge in [0.25, 0.3) is 0 Å². The fourth-order valence-electron chi connectivity index (χ4n) is 1.17. The van der Waals surface area contributed by atoms with E-state index in [4.69, 9.17) is 4.74 Å². The lowest BCUT2D eigenvalue weighted by Crippen LogP contribution is -1.92. The van der Waals surface area contributed by atoms with Crippen molar-refractivity contribution in [2.75, 3.05) is 7.11 Å². The molecule has 1 aromatic rings. The molecule has 0 heterocycles. The molecule has 0 fully saturated rings. The summed E-state index contributed by atoms with van der Waals surface area (Å²) >= 11 is 2.31. The molecule has 0 spiro atoms. The fraction of sp³-hybridized carbons (Fsp3) is 0.400. The summed E-state index contributed by atoms with van der Waals surface area (Å²) in [5.74, 6) is 1.49. The van der Waals surface area contributed by atoms with Crippen LogP contribution in [0.3, 0.4) is 0 Å². The van der Waals surface area contributed by atoms with Crippen molar-refractivity contribution in [2.24, 2.45) is 0 Å². The molecule has 1 nitrogen and oxygen atoms in total.